The van der Waals surface area contributed by atoms with Crippen molar-refractivity contribution < 1.29 is 9.00 Å². The second-order valence-electron chi connectivity index (χ2n) is 6.40. The van der Waals surface area contributed by atoms with Crippen LogP contribution >= 0.6 is 0 Å². The van der Waals surface area contributed by atoms with Crippen LogP contribution in [0.15, 0.2) is 40.8 Å². The summed E-state index contributed by atoms with van der Waals surface area (Å²) in [6.07, 6.45) is 9.85. The monoisotopic (exact) mass is 348 g/mol. The number of benzene rings is 1. The standard InChI is InChI=1S/C19H28N2O2S/c1-15(17-9-11-18(12-10-17)24(3)23)21(2)19(22)20-14-13-16-7-5-4-6-8-16/h7,9-12,15H,4-6,8,13-14H2,1-3H3,(H,20,22)/t15-,24+/m1/s1. The molecule has 0 unspecified atom stereocenters. The number of rotatable bonds is 6. The summed E-state index contributed by atoms with van der Waals surface area (Å²) in [5, 5.41) is 3.01. The van der Waals surface area contributed by atoms with E-state index >= 15 is 0 Å². The van der Waals surface area contributed by atoms with Crippen molar-refractivity contribution in [1.82, 2.24) is 10.2 Å². The largest absolute Gasteiger partial charge is 0.338 e. The summed E-state index contributed by atoms with van der Waals surface area (Å²) in [6, 6.07) is 7.53. The minimum absolute atomic E-state index is 0.0294. The molecule has 0 fully saturated rings. The molecule has 0 spiro atoms. The Bertz CT molecular complexity index is 610. The summed E-state index contributed by atoms with van der Waals surface area (Å²) in [5.74, 6) is 0. The summed E-state index contributed by atoms with van der Waals surface area (Å²) in [4.78, 5) is 14.8. The van der Waals surface area contributed by atoms with Crippen molar-refractivity contribution in [3.8, 4) is 0 Å². The molecule has 0 heterocycles. The van der Waals surface area contributed by atoms with Crippen LogP contribution in [0.1, 0.15) is 50.6 Å². The molecule has 4 nitrogen and oxygen atoms in total. The summed E-state index contributed by atoms with van der Waals surface area (Å²) >= 11 is 0. The van der Waals surface area contributed by atoms with Gasteiger partial charge in [0.25, 0.3) is 0 Å². The van der Waals surface area contributed by atoms with Crippen molar-refractivity contribution in [1.29, 1.82) is 0 Å². The van der Waals surface area contributed by atoms with Gasteiger partial charge in [-0.25, -0.2) is 4.79 Å². The van der Waals surface area contributed by atoms with Gasteiger partial charge in [-0.05, 0) is 56.7 Å². The summed E-state index contributed by atoms with van der Waals surface area (Å²) in [7, 11) is 0.836. The topological polar surface area (TPSA) is 49.4 Å². The third kappa shape index (κ3) is 5.20. The first-order chi connectivity index (χ1) is 11.5. The van der Waals surface area contributed by atoms with Crippen LogP contribution in [0.4, 0.5) is 4.79 Å². The fraction of sp³-hybridized carbons (Fsp3) is 0.526. The van der Waals surface area contributed by atoms with Gasteiger partial charge in [0.2, 0.25) is 0 Å². The predicted molar refractivity (Wildman–Crippen MR) is 99.5 cm³/mol. The van der Waals surface area contributed by atoms with E-state index in [1.165, 1.54) is 31.3 Å². The number of urea groups is 1. The Labute approximate surface area is 147 Å². The smallest absolute Gasteiger partial charge is 0.317 e. The van der Waals surface area contributed by atoms with E-state index in [1.54, 1.807) is 11.2 Å². The van der Waals surface area contributed by atoms with Crippen LogP contribution in [0.5, 0.6) is 0 Å². The molecule has 132 valence electrons. The Hall–Kier alpha value is -1.62. The minimum Gasteiger partial charge on any atom is -0.338 e. The zero-order valence-electron chi connectivity index (χ0n) is 14.9. The molecule has 1 aromatic rings. The number of carbonyl (C=O) groups is 1. The van der Waals surface area contributed by atoms with Crippen molar-refractivity contribution in [2.45, 2.75) is 50.0 Å². The summed E-state index contributed by atoms with van der Waals surface area (Å²) in [6.45, 7) is 2.69. The lowest BCUT2D eigenvalue weighted by atomic mass is 9.97. The first-order valence-corrected chi connectivity index (χ1v) is 10.2. The molecule has 1 aromatic carbocycles. The van der Waals surface area contributed by atoms with Gasteiger partial charge in [-0.2, -0.15) is 0 Å². The molecule has 24 heavy (non-hydrogen) atoms. The second-order valence-corrected chi connectivity index (χ2v) is 7.78. The maximum atomic E-state index is 12.3. The van der Waals surface area contributed by atoms with Gasteiger partial charge in [0, 0.05) is 35.5 Å². The molecular weight excluding hydrogens is 320 g/mol. The van der Waals surface area contributed by atoms with Gasteiger partial charge in [-0.3, -0.25) is 4.21 Å². The Morgan fingerprint density at radius 3 is 2.58 bits per heavy atom. The van der Waals surface area contributed by atoms with Crippen molar-refractivity contribution in [2.24, 2.45) is 0 Å². The van der Waals surface area contributed by atoms with Crippen LogP contribution in [-0.4, -0.2) is 35.0 Å². The van der Waals surface area contributed by atoms with E-state index in [1.807, 2.05) is 38.2 Å². The molecule has 0 radical (unpaired) electrons. The van der Waals surface area contributed by atoms with E-state index in [4.69, 9.17) is 0 Å². The van der Waals surface area contributed by atoms with E-state index < -0.39 is 10.8 Å². The lowest BCUT2D eigenvalue weighted by Gasteiger charge is -2.26. The van der Waals surface area contributed by atoms with Crippen molar-refractivity contribution in [3.05, 3.63) is 41.5 Å². The van der Waals surface area contributed by atoms with Crippen LogP contribution in [0.2, 0.25) is 0 Å². The van der Waals surface area contributed by atoms with Crippen molar-refractivity contribution in [2.75, 3.05) is 19.8 Å². The van der Waals surface area contributed by atoms with Crippen LogP contribution in [-0.2, 0) is 10.8 Å². The number of nitrogens with zero attached hydrogens (tertiary/aromatic N) is 1. The van der Waals surface area contributed by atoms with Gasteiger partial charge in [0.1, 0.15) is 0 Å². The number of allylic oxidation sites excluding steroid dienone is 1. The molecule has 2 atom stereocenters. The van der Waals surface area contributed by atoms with E-state index in [-0.39, 0.29) is 12.1 Å². The van der Waals surface area contributed by atoms with Gasteiger partial charge in [0.15, 0.2) is 0 Å². The third-order valence-electron chi connectivity index (χ3n) is 4.70. The average molecular weight is 349 g/mol. The van der Waals surface area contributed by atoms with E-state index in [9.17, 15) is 9.00 Å². The van der Waals surface area contributed by atoms with Gasteiger partial charge >= 0.3 is 6.03 Å². The third-order valence-corrected chi connectivity index (χ3v) is 5.64. The zero-order valence-corrected chi connectivity index (χ0v) is 15.7. The minimum atomic E-state index is -0.975. The van der Waals surface area contributed by atoms with E-state index in [0.717, 1.165) is 16.9 Å². The normalized spacial score (nSPS) is 16.9. The lowest BCUT2D eigenvalue weighted by molar-refractivity contribution is 0.194. The Morgan fingerprint density at radius 2 is 2.00 bits per heavy atom. The fourth-order valence-electron chi connectivity index (χ4n) is 2.92. The number of nitrogens with one attached hydrogen (secondary N) is 1. The number of carbonyl (C=O) groups excluding carboxylic acids is 1. The molecule has 0 bridgehead atoms. The van der Waals surface area contributed by atoms with E-state index in [0.29, 0.717) is 6.54 Å². The highest BCUT2D eigenvalue weighted by Gasteiger charge is 2.17. The number of hydrogen-bond acceptors (Lipinski definition) is 2. The molecule has 5 heteroatoms. The second kappa shape index (κ2) is 9.02. The zero-order chi connectivity index (χ0) is 17.5. The molecule has 1 N–H and O–H groups in total. The highest BCUT2D eigenvalue weighted by atomic mass is 32.2. The molecule has 1 aliphatic rings. The van der Waals surface area contributed by atoms with Gasteiger partial charge < -0.3 is 10.2 Å². The van der Waals surface area contributed by atoms with Crippen LogP contribution in [0, 0.1) is 0 Å². The Balaban J connectivity index is 1.84. The van der Waals surface area contributed by atoms with Crippen LogP contribution in [0.3, 0.4) is 0 Å². The molecule has 0 saturated carbocycles. The maximum absolute atomic E-state index is 12.3. The summed E-state index contributed by atoms with van der Waals surface area (Å²) in [5.41, 5.74) is 2.51. The van der Waals surface area contributed by atoms with Crippen molar-refractivity contribution in [3.63, 3.8) is 0 Å². The molecule has 0 saturated heterocycles. The summed E-state index contributed by atoms with van der Waals surface area (Å²) < 4.78 is 11.4. The first-order valence-electron chi connectivity index (χ1n) is 8.61. The SMILES string of the molecule is C[C@H](c1ccc([S@](C)=O)cc1)N(C)C(=O)NCCC1=CCCCC1. The van der Waals surface area contributed by atoms with Crippen molar-refractivity contribution >= 4 is 16.8 Å². The first kappa shape index (κ1) is 18.7. The number of hydrogen-bond donors (Lipinski definition) is 1. The highest BCUT2D eigenvalue weighted by molar-refractivity contribution is 7.84. The fourth-order valence-corrected chi connectivity index (χ4v) is 3.44. The van der Waals surface area contributed by atoms with Gasteiger partial charge in [-0.1, -0.05) is 23.8 Å². The molecular formula is C19H28N2O2S. The highest BCUT2D eigenvalue weighted by Crippen LogP contribution is 2.21. The average Bonchev–Trinajstić information content (AvgIpc) is 2.61. The maximum Gasteiger partial charge on any atom is 0.317 e. The Morgan fingerprint density at radius 1 is 1.29 bits per heavy atom. The molecule has 1 aliphatic carbocycles. The van der Waals surface area contributed by atoms with Crippen LogP contribution < -0.4 is 5.32 Å². The van der Waals surface area contributed by atoms with Crippen LogP contribution in [0.25, 0.3) is 0 Å². The Kier molecular flexibility index (Phi) is 7.03. The van der Waals surface area contributed by atoms with Gasteiger partial charge in [0.05, 0.1) is 6.04 Å². The number of amides is 2. The van der Waals surface area contributed by atoms with E-state index in [2.05, 4.69) is 11.4 Å². The molecule has 2 rings (SSSR count). The lowest BCUT2D eigenvalue weighted by Crippen LogP contribution is -2.39. The molecule has 0 aromatic heterocycles. The quantitative estimate of drug-likeness (QED) is 0.790. The molecule has 2 amide bonds. The molecule has 0 aliphatic heterocycles. The van der Waals surface area contributed by atoms with Gasteiger partial charge in [-0.15, -0.1) is 0 Å². The predicted octanol–water partition coefficient (Wildman–Crippen LogP) is 4.02.